The van der Waals surface area contributed by atoms with Crippen LogP contribution in [0.2, 0.25) is 0 Å². The molecule has 1 aromatic rings. The van der Waals surface area contributed by atoms with Gasteiger partial charge in [0.25, 0.3) is 5.56 Å². The third-order valence-corrected chi connectivity index (χ3v) is 4.57. The van der Waals surface area contributed by atoms with E-state index in [0.717, 1.165) is 18.1 Å². The van der Waals surface area contributed by atoms with Crippen LogP contribution in [-0.2, 0) is 0 Å². The summed E-state index contributed by atoms with van der Waals surface area (Å²) in [5.41, 5.74) is -0.0682. The normalized spacial score (nSPS) is 24.1. The summed E-state index contributed by atoms with van der Waals surface area (Å²) < 4.78 is 0. The lowest BCUT2D eigenvalue weighted by Crippen LogP contribution is -2.40. The quantitative estimate of drug-likeness (QED) is 0.803. The highest BCUT2D eigenvalue weighted by atomic mass is 32.2. The Morgan fingerprint density at radius 1 is 1.50 bits per heavy atom. The molecule has 2 rings (SSSR count). The van der Waals surface area contributed by atoms with Crippen molar-refractivity contribution in [2.24, 2.45) is 0 Å². The molecule has 2 atom stereocenters. The number of H-pyrrole nitrogens is 1. The zero-order chi connectivity index (χ0) is 12.8. The van der Waals surface area contributed by atoms with Crippen molar-refractivity contribution < 1.29 is 0 Å². The molecule has 0 saturated heterocycles. The monoisotopic (exact) mass is 267 g/mol. The molecule has 4 nitrogen and oxygen atoms in total. The van der Waals surface area contributed by atoms with Gasteiger partial charge in [-0.15, -0.1) is 0 Å². The molecule has 0 aliphatic heterocycles. The van der Waals surface area contributed by atoms with Crippen LogP contribution in [0.5, 0.6) is 0 Å². The van der Waals surface area contributed by atoms with Crippen LogP contribution in [-0.4, -0.2) is 27.8 Å². The van der Waals surface area contributed by atoms with E-state index in [1.165, 1.54) is 31.7 Å². The maximum Gasteiger partial charge on any atom is 0.251 e. The standard InChI is InChI=1S/C13H21N3OS/c1-2-8-14-10-5-3-4-6-11(10)18-13-15-9-7-12(17)16-13/h7,9-11,14H,2-6,8H2,1H3,(H,15,16,17). The van der Waals surface area contributed by atoms with E-state index in [4.69, 9.17) is 0 Å². The smallest absolute Gasteiger partial charge is 0.251 e. The van der Waals surface area contributed by atoms with Crippen molar-refractivity contribution in [2.45, 2.75) is 55.5 Å². The van der Waals surface area contributed by atoms with Crippen LogP contribution in [0.4, 0.5) is 0 Å². The zero-order valence-corrected chi connectivity index (χ0v) is 11.6. The van der Waals surface area contributed by atoms with E-state index in [-0.39, 0.29) is 5.56 Å². The van der Waals surface area contributed by atoms with Crippen LogP contribution >= 0.6 is 11.8 Å². The lowest BCUT2D eigenvalue weighted by molar-refractivity contribution is 0.384. The summed E-state index contributed by atoms with van der Waals surface area (Å²) in [6.45, 7) is 3.26. The predicted octanol–water partition coefficient (Wildman–Crippen LogP) is 2.17. The van der Waals surface area contributed by atoms with Gasteiger partial charge in [-0.25, -0.2) is 4.98 Å². The number of nitrogens with one attached hydrogen (secondary N) is 2. The molecule has 5 heteroatoms. The van der Waals surface area contributed by atoms with Crippen LogP contribution < -0.4 is 10.9 Å². The van der Waals surface area contributed by atoms with Gasteiger partial charge in [0.1, 0.15) is 0 Å². The van der Waals surface area contributed by atoms with E-state index in [0.29, 0.717) is 11.3 Å². The molecule has 1 fully saturated rings. The number of aromatic amines is 1. The zero-order valence-electron chi connectivity index (χ0n) is 10.8. The molecule has 0 radical (unpaired) electrons. The fourth-order valence-corrected chi connectivity index (χ4v) is 3.61. The molecule has 1 aliphatic rings. The molecule has 1 saturated carbocycles. The van der Waals surface area contributed by atoms with Crippen molar-refractivity contribution >= 4 is 11.8 Å². The third-order valence-electron chi connectivity index (χ3n) is 3.27. The Morgan fingerprint density at radius 3 is 3.11 bits per heavy atom. The first-order valence-corrected chi connectivity index (χ1v) is 7.63. The van der Waals surface area contributed by atoms with E-state index in [9.17, 15) is 4.79 Å². The highest BCUT2D eigenvalue weighted by Gasteiger charge is 2.25. The van der Waals surface area contributed by atoms with Gasteiger partial charge in [-0.05, 0) is 25.8 Å². The molecule has 2 unspecified atom stereocenters. The second-order valence-corrected chi connectivity index (χ2v) is 5.97. The van der Waals surface area contributed by atoms with E-state index in [2.05, 4.69) is 22.2 Å². The summed E-state index contributed by atoms with van der Waals surface area (Å²) >= 11 is 1.71. The minimum atomic E-state index is -0.0682. The van der Waals surface area contributed by atoms with E-state index < -0.39 is 0 Å². The molecule has 18 heavy (non-hydrogen) atoms. The maximum absolute atomic E-state index is 11.3. The maximum atomic E-state index is 11.3. The minimum Gasteiger partial charge on any atom is -0.313 e. The van der Waals surface area contributed by atoms with Gasteiger partial charge in [0.05, 0.1) is 0 Å². The number of hydrogen-bond donors (Lipinski definition) is 2. The molecular formula is C13H21N3OS. The SMILES string of the molecule is CCCNC1CCCCC1Sc1nccc(=O)[nH]1. The first-order chi connectivity index (χ1) is 8.79. The first kappa shape index (κ1) is 13.6. The summed E-state index contributed by atoms with van der Waals surface area (Å²) in [5.74, 6) is 0. The lowest BCUT2D eigenvalue weighted by Gasteiger charge is -2.31. The van der Waals surface area contributed by atoms with E-state index in [1.807, 2.05) is 0 Å². The largest absolute Gasteiger partial charge is 0.313 e. The molecule has 0 bridgehead atoms. The van der Waals surface area contributed by atoms with Crippen molar-refractivity contribution in [3.63, 3.8) is 0 Å². The van der Waals surface area contributed by atoms with Crippen LogP contribution in [0.3, 0.4) is 0 Å². The van der Waals surface area contributed by atoms with Crippen LogP contribution in [0.15, 0.2) is 22.2 Å². The van der Waals surface area contributed by atoms with Gasteiger partial charge in [0.2, 0.25) is 0 Å². The van der Waals surface area contributed by atoms with Gasteiger partial charge in [-0.2, -0.15) is 0 Å². The summed E-state index contributed by atoms with van der Waals surface area (Å²) in [5, 5.41) is 4.89. The second kappa shape index (κ2) is 6.95. The van der Waals surface area contributed by atoms with Gasteiger partial charge in [-0.1, -0.05) is 31.5 Å². The molecule has 100 valence electrons. The summed E-state index contributed by atoms with van der Waals surface area (Å²) in [4.78, 5) is 18.3. The molecule has 2 N–H and O–H groups in total. The topological polar surface area (TPSA) is 57.8 Å². The summed E-state index contributed by atoms with van der Waals surface area (Å²) in [6.07, 6.45) is 7.75. The Labute approximate surface area is 112 Å². The Bertz CT molecular complexity index is 421. The van der Waals surface area contributed by atoms with Crippen molar-refractivity contribution in [3.8, 4) is 0 Å². The number of hydrogen-bond acceptors (Lipinski definition) is 4. The van der Waals surface area contributed by atoms with E-state index in [1.54, 1.807) is 18.0 Å². The molecule has 0 spiro atoms. The highest BCUT2D eigenvalue weighted by molar-refractivity contribution is 7.99. The Kier molecular flexibility index (Phi) is 5.26. The first-order valence-electron chi connectivity index (χ1n) is 6.75. The molecular weight excluding hydrogens is 246 g/mol. The van der Waals surface area contributed by atoms with Crippen LogP contribution in [0, 0.1) is 0 Å². The van der Waals surface area contributed by atoms with Crippen LogP contribution in [0.1, 0.15) is 39.0 Å². The number of nitrogens with zero attached hydrogens (tertiary/aromatic N) is 1. The van der Waals surface area contributed by atoms with Crippen molar-refractivity contribution in [1.29, 1.82) is 0 Å². The Hall–Kier alpha value is -0.810. The number of thioether (sulfide) groups is 1. The Balaban J connectivity index is 1.98. The average molecular weight is 267 g/mol. The average Bonchev–Trinajstić information content (AvgIpc) is 2.38. The molecule has 0 aromatic carbocycles. The summed E-state index contributed by atoms with van der Waals surface area (Å²) in [7, 11) is 0. The van der Waals surface area contributed by atoms with Crippen molar-refractivity contribution in [2.75, 3.05) is 6.54 Å². The van der Waals surface area contributed by atoms with Gasteiger partial charge in [0.15, 0.2) is 5.16 Å². The third kappa shape index (κ3) is 3.85. The van der Waals surface area contributed by atoms with Gasteiger partial charge in [0, 0.05) is 23.6 Å². The molecule has 1 aromatic heterocycles. The van der Waals surface area contributed by atoms with E-state index >= 15 is 0 Å². The molecule has 1 aliphatic carbocycles. The van der Waals surface area contributed by atoms with Gasteiger partial charge in [-0.3, -0.25) is 4.79 Å². The minimum absolute atomic E-state index is 0.0682. The second-order valence-electron chi connectivity index (χ2n) is 4.74. The highest BCUT2D eigenvalue weighted by Crippen LogP contribution is 2.31. The molecule has 1 heterocycles. The lowest BCUT2D eigenvalue weighted by atomic mass is 9.95. The fourth-order valence-electron chi connectivity index (χ4n) is 2.36. The van der Waals surface area contributed by atoms with Crippen LogP contribution in [0.25, 0.3) is 0 Å². The fraction of sp³-hybridized carbons (Fsp3) is 0.692. The Morgan fingerprint density at radius 2 is 2.33 bits per heavy atom. The van der Waals surface area contributed by atoms with Crippen molar-refractivity contribution in [3.05, 3.63) is 22.6 Å². The van der Waals surface area contributed by atoms with Gasteiger partial charge >= 0.3 is 0 Å². The summed E-state index contributed by atoms with van der Waals surface area (Å²) in [6, 6.07) is 2.01. The number of aromatic nitrogens is 2. The predicted molar refractivity (Wildman–Crippen MR) is 75.1 cm³/mol. The number of rotatable bonds is 5. The van der Waals surface area contributed by atoms with Gasteiger partial charge < -0.3 is 10.3 Å². The van der Waals surface area contributed by atoms with Crippen molar-refractivity contribution in [1.82, 2.24) is 15.3 Å². The molecule has 0 amide bonds.